The molecule has 0 aliphatic carbocycles. The second kappa shape index (κ2) is 5.37. The fraction of sp³-hybridized carbons (Fsp3) is 0.0588. The van der Waals surface area contributed by atoms with Crippen LogP contribution in [0.3, 0.4) is 0 Å². The first-order chi connectivity index (χ1) is 10.6. The van der Waals surface area contributed by atoms with Gasteiger partial charge in [0, 0.05) is 24.1 Å². The molecule has 0 saturated heterocycles. The molecule has 0 aliphatic heterocycles. The third-order valence-corrected chi connectivity index (χ3v) is 3.62. The van der Waals surface area contributed by atoms with Crippen LogP contribution in [0.1, 0.15) is 20.7 Å². The minimum atomic E-state index is -1.06. The van der Waals surface area contributed by atoms with Gasteiger partial charge in [0.15, 0.2) is 0 Å². The van der Waals surface area contributed by atoms with Crippen molar-refractivity contribution in [1.29, 1.82) is 0 Å². The van der Waals surface area contributed by atoms with Crippen LogP contribution in [0.2, 0.25) is 0 Å². The number of nitrogens with zero attached hydrogens (tertiary/aromatic N) is 1. The highest BCUT2D eigenvalue weighted by Gasteiger charge is 2.21. The summed E-state index contributed by atoms with van der Waals surface area (Å²) in [5.74, 6) is -1.32. The van der Waals surface area contributed by atoms with E-state index in [1.54, 1.807) is 31.4 Å². The van der Waals surface area contributed by atoms with E-state index >= 15 is 0 Å². The summed E-state index contributed by atoms with van der Waals surface area (Å²) in [5, 5.41) is 10.1. The molecule has 5 nitrogen and oxygen atoms in total. The number of H-pyrrole nitrogens is 1. The molecule has 2 N–H and O–H groups in total. The molecule has 0 fully saturated rings. The van der Waals surface area contributed by atoms with Gasteiger partial charge in [-0.15, -0.1) is 0 Å². The van der Waals surface area contributed by atoms with Crippen molar-refractivity contribution in [3.63, 3.8) is 0 Å². The number of anilines is 1. The predicted octanol–water partition coefficient (Wildman–Crippen LogP) is 3.14. The highest BCUT2D eigenvalue weighted by atomic mass is 16.4. The van der Waals surface area contributed by atoms with E-state index in [4.69, 9.17) is 0 Å². The number of aromatic nitrogens is 1. The molecule has 3 rings (SSSR count). The van der Waals surface area contributed by atoms with Crippen LogP contribution >= 0.6 is 0 Å². The van der Waals surface area contributed by atoms with Crippen molar-refractivity contribution < 1.29 is 14.7 Å². The van der Waals surface area contributed by atoms with E-state index in [9.17, 15) is 14.7 Å². The third kappa shape index (κ3) is 2.22. The highest BCUT2D eigenvalue weighted by Crippen LogP contribution is 2.24. The van der Waals surface area contributed by atoms with Gasteiger partial charge < -0.3 is 15.0 Å². The zero-order chi connectivity index (χ0) is 15.7. The van der Waals surface area contributed by atoms with E-state index in [1.807, 2.05) is 24.3 Å². The number of fused-ring (bicyclic) bond motifs is 1. The zero-order valence-electron chi connectivity index (χ0n) is 11.9. The Balaban J connectivity index is 2.04. The lowest BCUT2D eigenvalue weighted by atomic mass is 10.1. The average molecular weight is 294 g/mol. The molecule has 0 spiro atoms. The number of carboxylic acid groups (broad SMARTS) is 1. The number of carboxylic acids is 1. The molecule has 22 heavy (non-hydrogen) atoms. The van der Waals surface area contributed by atoms with Gasteiger partial charge in [-0.2, -0.15) is 0 Å². The van der Waals surface area contributed by atoms with Gasteiger partial charge in [-0.3, -0.25) is 4.79 Å². The summed E-state index contributed by atoms with van der Waals surface area (Å²) >= 11 is 0. The predicted molar refractivity (Wildman–Crippen MR) is 84.4 cm³/mol. The summed E-state index contributed by atoms with van der Waals surface area (Å²) in [6.07, 6.45) is 1.65. The van der Waals surface area contributed by atoms with Gasteiger partial charge in [-0.25, -0.2) is 4.79 Å². The van der Waals surface area contributed by atoms with Gasteiger partial charge in [0.05, 0.1) is 16.8 Å². The number of aromatic amines is 1. The number of para-hydroxylation sites is 2. The molecule has 1 heterocycles. The maximum absolute atomic E-state index is 12.7. The fourth-order valence-corrected chi connectivity index (χ4v) is 2.49. The van der Waals surface area contributed by atoms with Gasteiger partial charge in [-0.1, -0.05) is 30.3 Å². The lowest BCUT2D eigenvalue weighted by molar-refractivity contribution is 0.0697. The first kappa shape index (κ1) is 13.9. The number of hydrogen-bond donors (Lipinski definition) is 2. The van der Waals surface area contributed by atoms with Gasteiger partial charge in [-0.05, 0) is 18.2 Å². The van der Waals surface area contributed by atoms with Gasteiger partial charge >= 0.3 is 5.97 Å². The topological polar surface area (TPSA) is 73.4 Å². The second-order valence-electron chi connectivity index (χ2n) is 4.93. The van der Waals surface area contributed by atoms with Crippen LogP contribution in [0.15, 0.2) is 54.7 Å². The number of hydrogen-bond acceptors (Lipinski definition) is 2. The van der Waals surface area contributed by atoms with Crippen molar-refractivity contribution in [2.45, 2.75) is 0 Å². The Morgan fingerprint density at radius 1 is 1.00 bits per heavy atom. The molecule has 5 heteroatoms. The molecule has 2 aromatic carbocycles. The van der Waals surface area contributed by atoms with E-state index in [-0.39, 0.29) is 11.5 Å². The van der Waals surface area contributed by atoms with Gasteiger partial charge in [0.1, 0.15) is 0 Å². The Bertz CT molecular complexity index is 867. The Hall–Kier alpha value is -3.08. The molecule has 0 aliphatic rings. The Kier molecular flexibility index (Phi) is 3.39. The third-order valence-electron chi connectivity index (χ3n) is 3.62. The summed E-state index contributed by atoms with van der Waals surface area (Å²) in [7, 11) is 1.58. The van der Waals surface area contributed by atoms with E-state index in [2.05, 4.69) is 4.98 Å². The molecule has 110 valence electrons. The molecule has 0 bridgehead atoms. The Labute approximate surface area is 126 Å². The number of nitrogens with one attached hydrogen (secondary N) is 1. The van der Waals surface area contributed by atoms with Crippen LogP contribution in [-0.2, 0) is 0 Å². The number of carbonyl (C=O) groups excluding carboxylic acids is 1. The van der Waals surface area contributed by atoms with Gasteiger partial charge in [0.2, 0.25) is 0 Å². The van der Waals surface area contributed by atoms with Crippen molar-refractivity contribution in [3.8, 4) is 0 Å². The van der Waals surface area contributed by atoms with Crippen LogP contribution in [0.5, 0.6) is 0 Å². The van der Waals surface area contributed by atoms with E-state index in [0.29, 0.717) is 11.3 Å². The van der Waals surface area contributed by atoms with Crippen molar-refractivity contribution in [2.24, 2.45) is 0 Å². The SMILES string of the molecule is CN(C(=O)c1c[nH]c2ccccc12)c1ccccc1C(=O)O. The van der Waals surface area contributed by atoms with Crippen molar-refractivity contribution in [2.75, 3.05) is 11.9 Å². The number of aromatic carboxylic acids is 1. The number of carbonyl (C=O) groups is 2. The Morgan fingerprint density at radius 3 is 2.45 bits per heavy atom. The summed E-state index contributed by atoms with van der Waals surface area (Å²) < 4.78 is 0. The Morgan fingerprint density at radius 2 is 1.68 bits per heavy atom. The summed E-state index contributed by atoms with van der Waals surface area (Å²) in [4.78, 5) is 28.4. The van der Waals surface area contributed by atoms with Crippen molar-refractivity contribution >= 4 is 28.5 Å². The molecule has 0 saturated carbocycles. The molecular formula is C17H14N2O3. The van der Waals surface area contributed by atoms with Crippen LogP contribution in [0.25, 0.3) is 10.9 Å². The standard InChI is InChI=1S/C17H14N2O3/c1-19(15-9-5-3-7-12(15)17(21)22)16(20)13-10-18-14-8-4-2-6-11(13)14/h2-10,18H,1H3,(H,21,22). The first-order valence-corrected chi connectivity index (χ1v) is 6.76. The monoisotopic (exact) mass is 294 g/mol. The molecule has 1 aromatic heterocycles. The maximum Gasteiger partial charge on any atom is 0.337 e. The number of rotatable bonds is 3. The lowest BCUT2D eigenvalue weighted by Gasteiger charge is -2.19. The quantitative estimate of drug-likeness (QED) is 0.779. The molecule has 0 unspecified atom stereocenters. The first-order valence-electron chi connectivity index (χ1n) is 6.76. The highest BCUT2D eigenvalue weighted by molar-refractivity contribution is 6.15. The number of benzene rings is 2. The van der Waals surface area contributed by atoms with Crippen LogP contribution in [0.4, 0.5) is 5.69 Å². The summed E-state index contributed by atoms with van der Waals surface area (Å²) in [6.45, 7) is 0. The molecule has 1 amide bonds. The number of amides is 1. The van der Waals surface area contributed by atoms with Crippen LogP contribution in [0, 0.1) is 0 Å². The fourth-order valence-electron chi connectivity index (χ4n) is 2.49. The van der Waals surface area contributed by atoms with Gasteiger partial charge in [0.25, 0.3) is 5.91 Å². The summed E-state index contributed by atoms with van der Waals surface area (Å²) in [6, 6.07) is 13.9. The molecule has 0 atom stereocenters. The smallest absolute Gasteiger partial charge is 0.337 e. The van der Waals surface area contributed by atoms with Crippen molar-refractivity contribution in [3.05, 3.63) is 65.9 Å². The van der Waals surface area contributed by atoms with E-state index in [1.165, 1.54) is 11.0 Å². The van der Waals surface area contributed by atoms with E-state index in [0.717, 1.165) is 10.9 Å². The van der Waals surface area contributed by atoms with Crippen molar-refractivity contribution in [1.82, 2.24) is 4.98 Å². The average Bonchev–Trinajstić information content (AvgIpc) is 2.97. The maximum atomic E-state index is 12.7. The molecule has 0 radical (unpaired) electrons. The van der Waals surface area contributed by atoms with Crippen LogP contribution in [-0.4, -0.2) is 29.0 Å². The lowest BCUT2D eigenvalue weighted by Crippen LogP contribution is -2.27. The zero-order valence-corrected chi connectivity index (χ0v) is 11.9. The molecule has 3 aromatic rings. The minimum absolute atomic E-state index is 0.0955. The summed E-state index contributed by atoms with van der Waals surface area (Å²) in [5.41, 5.74) is 1.84. The van der Waals surface area contributed by atoms with E-state index < -0.39 is 5.97 Å². The normalized spacial score (nSPS) is 10.6. The minimum Gasteiger partial charge on any atom is -0.478 e. The largest absolute Gasteiger partial charge is 0.478 e. The molecular weight excluding hydrogens is 280 g/mol. The van der Waals surface area contributed by atoms with Crippen LogP contribution < -0.4 is 4.90 Å². The second-order valence-corrected chi connectivity index (χ2v) is 4.93.